The third-order valence-corrected chi connectivity index (χ3v) is 3.38. The summed E-state index contributed by atoms with van der Waals surface area (Å²) in [6.07, 6.45) is 3.96. The lowest BCUT2D eigenvalue weighted by molar-refractivity contribution is 0.199. The Bertz CT molecular complexity index is 553. The molecule has 0 spiro atoms. The molecule has 21 heavy (non-hydrogen) atoms. The van der Waals surface area contributed by atoms with E-state index in [1.807, 2.05) is 17.9 Å². The molecule has 2 aromatic rings. The molecule has 1 aromatic carbocycles. The average Bonchev–Trinajstić information content (AvgIpc) is 2.89. The Morgan fingerprint density at radius 3 is 2.86 bits per heavy atom. The van der Waals surface area contributed by atoms with Crippen molar-refractivity contribution < 1.29 is 4.74 Å². The van der Waals surface area contributed by atoms with Crippen LogP contribution in [0.3, 0.4) is 0 Å². The number of benzene rings is 1. The van der Waals surface area contributed by atoms with Crippen LogP contribution >= 0.6 is 0 Å². The molecular weight excluding hydrogens is 264 g/mol. The molecular formula is C16H24N4O. The zero-order chi connectivity index (χ0) is 15.1. The van der Waals surface area contributed by atoms with E-state index >= 15 is 0 Å². The van der Waals surface area contributed by atoms with E-state index in [1.54, 1.807) is 7.11 Å². The number of nitrogens with one attached hydrogen (secondary N) is 1. The summed E-state index contributed by atoms with van der Waals surface area (Å²) in [6.45, 7) is 3.28. The maximum atomic E-state index is 5.06. The van der Waals surface area contributed by atoms with Crippen molar-refractivity contribution in [2.24, 2.45) is 7.05 Å². The zero-order valence-corrected chi connectivity index (χ0v) is 13.0. The highest BCUT2D eigenvalue weighted by atomic mass is 16.5. The van der Waals surface area contributed by atoms with Gasteiger partial charge in [0, 0.05) is 58.3 Å². The van der Waals surface area contributed by atoms with Crippen LogP contribution in [0.15, 0.2) is 36.7 Å². The Labute approximate surface area is 126 Å². The molecule has 1 N–H and O–H groups in total. The number of rotatable bonds is 8. The normalized spacial score (nSPS) is 10.8. The Balaban J connectivity index is 2.00. The van der Waals surface area contributed by atoms with Gasteiger partial charge in [-0.25, -0.2) is 0 Å². The summed E-state index contributed by atoms with van der Waals surface area (Å²) in [5.41, 5.74) is 3.74. The first-order chi connectivity index (χ1) is 10.2. The van der Waals surface area contributed by atoms with E-state index < -0.39 is 0 Å². The molecule has 0 bridgehead atoms. The van der Waals surface area contributed by atoms with E-state index in [4.69, 9.17) is 4.74 Å². The summed E-state index contributed by atoms with van der Waals surface area (Å²) in [5, 5.41) is 7.62. The number of para-hydroxylation sites is 1. The van der Waals surface area contributed by atoms with Crippen molar-refractivity contribution in [3.05, 3.63) is 47.8 Å². The third kappa shape index (κ3) is 4.58. The maximum absolute atomic E-state index is 5.06. The van der Waals surface area contributed by atoms with Crippen molar-refractivity contribution >= 4 is 5.69 Å². The van der Waals surface area contributed by atoms with E-state index in [-0.39, 0.29) is 0 Å². The summed E-state index contributed by atoms with van der Waals surface area (Å²) in [4.78, 5) is 2.25. The molecule has 0 saturated carbocycles. The maximum Gasteiger partial charge on any atom is 0.0587 e. The van der Waals surface area contributed by atoms with Crippen LogP contribution in [0, 0.1) is 0 Å². The van der Waals surface area contributed by atoms with Crippen LogP contribution in [-0.2, 0) is 24.9 Å². The minimum atomic E-state index is 0.730. The van der Waals surface area contributed by atoms with Crippen LogP contribution < -0.4 is 10.2 Å². The van der Waals surface area contributed by atoms with Crippen molar-refractivity contribution in [2.45, 2.75) is 13.1 Å². The Morgan fingerprint density at radius 2 is 2.14 bits per heavy atom. The number of anilines is 1. The van der Waals surface area contributed by atoms with Crippen LogP contribution in [0.1, 0.15) is 11.1 Å². The number of methoxy groups -OCH3 is 1. The van der Waals surface area contributed by atoms with Crippen LogP contribution in [0.2, 0.25) is 0 Å². The zero-order valence-electron chi connectivity index (χ0n) is 13.0. The molecule has 1 aromatic heterocycles. The first-order valence-electron chi connectivity index (χ1n) is 7.17. The average molecular weight is 288 g/mol. The van der Waals surface area contributed by atoms with Gasteiger partial charge in [-0.3, -0.25) is 4.68 Å². The first kappa shape index (κ1) is 15.5. The molecule has 0 aliphatic rings. The SMILES string of the molecule is COCCNCc1ccccc1N(C)Cc1cnn(C)c1. The third-order valence-electron chi connectivity index (χ3n) is 3.38. The Hall–Kier alpha value is -1.85. The van der Waals surface area contributed by atoms with Gasteiger partial charge >= 0.3 is 0 Å². The van der Waals surface area contributed by atoms with Gasteiger partial charge in [0.1, 0.15) is 0 Å². The minimum Gasteiger partial charge on any atom is -0.383 e. The summed E-state index contributed by atoms with van der Waals surface area (Å²) >= 11 is 0. The van der Waals surface area contributed by atoms with Gasteiger partial charge in [0.25, 0.3) is 0 Å². The van der Waals surface area contributed by atoms with Crippen LogP contribution in [0.4, 0.5) is 5.69 Å². The molecule has 5 heteroatoms. The van der Waals surface area contributed by atoms with Crippen molar-refractivity contribution in [1.82, 2.24) is 15.1 Å². The molecule has 1 heterocycles. The number of hydrogen-bond donors (Lipinski definition) is 1. The highest BCUT2D eigenvalue weighted by Gasteiger charge is 2.08. The summed E-state index contributed by atoms with van der Waals surface area (Å²) in [6, 6.07) is 8.47. The van der Waals surface area contributed by atoms with Crippen molar-refractivity contribution in [2.75, 3.05) is 32.2 Å². The van der Waals surface area contributed by atoms with E-state index in [0.717, 1.165) is 26.2 Å². The van der Waals surface area contributed by atoms with Crippen molar-refractivity contribution in [3.63, 3.8) is 0 Å². The largest absolute Gasteiger partial charge is 0.383 e. The lowest BCUT2D eigenvalue weighted by atomic mass is 10.1. The molecule has 114 valence electrons. The Kier molecular flexibility index (Phi) is 5.78. The topological polar surface area (TPSA) is 42.3 Å². The van der Waals surface area contributed by atoms with Gasteiger partial charge in [-0.1, -0.05) is 18.2 Å². The Morgan fingerprint density at radius 1 is 1.33 bits per heavy atom. The van der Waals surface area contributed by atoms with Crippen LogP contribution in [-0.4, -0.2) is 37.1 Å². The van der Waals surface area contributed by atoms with E-state index in [1.165, 1.54) is 16.8 Å². The van der Waals surface area contributed by atoms with Gasteiger partial charge in [0.15, 0.2) is 0 Å². The quantitative estimate of drug-likeness (QED) is 0.752. The van der Waals surface area contributed by atoms with Gasteiger partial charge in [-0.2, -0.15) is 5.10 Å². The molecule has 0 radical (unpaired) electrons. The molecule has 0 fully saturated rings. The number of nitrogens with zero attached hydrogens (tertiary/aromatic N) is 3. The fraction of sp³-hybridized carbons (Fsp3) is 0.438. The van der Waals surface area contributed by atoms with Gasteiger partial charge in [0.05, 0.1) is 12.8 Å². The van der Waals surface area contributed by atoms with E-state index in [9.17, 15) is 0 Å². The van der Waals surface area contributed by atoms with Crippen molar-refractivity contribution in [1.29, 1.82) is 0 Å². The second kappa shape index (κ2) is 7.81. The fourth-order valence-electron chi connectivity index (χ4n) is 2.34. The monoisotopic (exact) mass is 288 g/mol. The lowest BCUT2D eigenvalue weighted by Gasteiger charge is -2.22. The van der Waals surface area contributed by atoms with Gasteiger partial charge < -0.3 is 15.0 Å². The van der Waals surface area contributed by atoms with Crippen molar-refractivity contribution in [3.8, 4) is 0 Å². The minimum absolute atomic E-state index is 0.730. The van der Waals surface area contributed by atoms with Crippen LogP contribution in [0.25, 0.3) is 0 Å². The van der Waals surface area contributed by atoms with Gasteiger partial charge in [0.2, 0.25) is 0 Å². The highest BCUT2D eigenvalue weighted by molar-refractivity contribution is 5.53. The highest BCUT2D eigenvalue weighted by Crippen LogP contribution is 2.20. The number of aromatic nitrogens is 2. The molecule has 5 nitrogen and oxygen atoms in total. The molecule has 2 rings (SSSR count). The molecule has 0 atom stereocenters. The summed E-state index contributed by atoms with van der Waals surface area (Å²) in [7, 11) is 5.77. The number of hydrogen-bond acceptors (Lipinski definition) is 4. The predicted molar refractivity (Wildman–Crippen MR) is 85.3 cm³/mol. The molecule has 0 amide bonds. The van der Waals surface area contributed by atoms with E-state index in [2.05, 4.69) is 52.8 Å². The first-order valence-corrected chi connectivity index (χ1v) is 7.17. The predicted octanol–water partition coefficient (Wildman–Crippen LogP) is 1.79. The van der Waals surface area contributed by atoms with Crippen LogP contribution in [0.5, 0.6) is 0 Å². The second-order valence-corrected chi connectivity index (χ2v) is 5.18. The second-order valence-electron chi connectivity index (χ2n) is 5.18. The lowest BCUT2D eigenvalue weighted by Crippen LogP contribution is -2.22. The summed E-state index contributed by atoms with van der Waals surface area (Å²) in [5.74, 6) is 0. The molecule has 0 saturated heterocycles. The summed E-state index contributed by atoms with van der Waals surface area (Å²) < 4.78 is 6.89. The van der Waals surface area contributed by atoms with Gasteiger partial charge in [-0.05, 0) is 11.6 Å². The molecule has 0 aliphatic heterocycles. The smallest absolute Gasteiger partial charge is 0.0587 e. The fourth-order valence-corrected chi connectivity index (χ4v) is 2.34. The van der Waals surface area contributed by atoms with E-state index in [0.29, 0.717) is 0 Å². The van der Waals surface area contributed by atoms with Gasteiger partial charge in [-0.15, -0.1) is 0 Å². The standard InChI is InChI=1S/C16H24N4O/c1-19(12-14-10-18-20(2)13-14)16-7-5-4-6-15(16)11-17-8-9-21-3/h4-7,10,13,17H,8-9,11-12H2,1-3H3. The molecule has 0 unspecified atom stereocenters. The number of ether oxygens (including phenoxy) is 1. The number of aryl methyl sites for hydroxylation is 1. The molecule has 0 aliphatic carbocycles.